The molecule has 3 rings (SSSR count). The summed E-state index contributed by atoms with van der Waals surface area (Å²) in [5.41, 5.74) is -0.0857. The van der Waals surface area contributed by atoms with Crippen molar-refractivity contribution in [1.82, 2.24) is 10.2 Å². The lowest BCUT2D eigenvalue weighted by Gasteiger charge is -2.56. The van der Waals surface area contributed by atoms with E-state index in [1.807, 2.05) is 11.8 Å². The maximum absolute atomic E-state index is 12.6. The van der Waals surface area contributed by atoms with Crippen molar-refractivity contribution in [2.75, 3.05) is 32.8 Å². The number of carbonyl (C=O) groups excluding carboxylic acids is 1. The van der Waals surface area contributed by atoms with E-state index in [9.17, 15) is 9.90 Å². The molecule has 3 fully saturated rings. The van der Waals surface area contributed by atoms with Gasteiger partial charge in [0.1, 0.15) is 0 Å². The minimum Gasteiger partial charge on any atom is -0.392 e. The molecule has 0 radical (unpaired) electrons. The number of hydrogen-bond acceptors (Lipinski definition) is 4. The molecule has 3 atom stereocenters. The molecule has 120 valence electrons. The van der Waals surface area contributed by atoms with E-state index in [0.29, 0.717) is 12.5 Å². The summed E-state index contributed by atoms with van der Waals surface area (Å²) in [4.78, 5) is 14.6. The first kappa shape index (κ1) is 15.3. The summed E-state index contributed by atoms with van der Waals surface area (Å²) >= 11 is 0. The largest absolute Gasteiger partial charge is 0.392 e. The zero-order valence-electron chi connectivity index (χ0n) is 13.0. The van der Waals surface area contributed by atoms with Crippen LogP contribution in [0.3, 0.4) is 0 Å². The van der Waals surface area contributed by atoms with E-state index < -0.39 is 0 Å². The van der Waals surface area contributed by atoms with Crippen LogP contribution in [0, 0.1) is 11.3 Å². The van der Waals surface area contributed by atoms with Gasteiger partial charge >= 0.3 is 0 Å². The van der Waals surface area contributed by atoms with Crippen molar-refractivity contribution in [2.24, 2.45) is 11.3 Å². The third kappa shape index (κ3) is 2.71. The average Bonchev–Trinajstić information content (AvgIpc) is 2.55. The molecule has 1 amide bonds. The highest BCUT2D eigenvalue weighted by molar-refractivity contribution is 5.79. The predicted octanol–water partition coefficient (Wildman–Crippen LogP) is 0.764. The Morgan fingerprint density at radius 1 is 1.43 bits per heavy atom. The molecule has 3 unspecified atom stereocenters. The maximum atomic E-state index is 12.6. The molecule has 5 heteroatoms. The van der Waals surface area contributed by atoms with Crippen LogP contribution in [0.5, 0.6) is 0 Å². The molecule has 2 N–H and O–H groups in total. The van der Waals surface area contributed by atoms with Crippen molar-refractivity contribution in [3.8, 4) is 0 Å². The van der Waals surface area contributed by atoms with E-state index in [0.717, 1.165) is 58.3 Å². The van der Waals surface area contributed by atoms with Crippen molar-refractivity contribution >= 4 is 5.91 Å². The second-order valence-corrected chi connectivity index (χ2v) is 6.80. The van der Waals surface area contributed by atoms with E-state index in [4.69, 9.17) is 4.74 Å². The highest BCUT2D eigenvalue weighted by atomic mass is 16.5. The van der Waals surface area contributed by atoms with Crippen molar-refractivity contribution in [3.63, 3.8) is 0 Å². The van der Waals surface area contributed by atoms with Crippen LogP contribution in [0.1, 0.15) is 39.0 Å². The van der Waals surface area contributed by atoms with Gasteiger partial charge in [0.05, 0.1) is 18.1 Å². The van der Waals surface area contributed by atoms with Crippen molar-refractivity contribution in [2.45, 2.75) is 51.2 Å². The van der Waals surface area contributed by atoms with Crippen LogP contribution in [0.25, 0.3) is 0 Å². The van der Waals surface area contributed by atoms with Crippen LogP contribution in [-0.2, 0) is 9.53 Å². The summed E-state index contributed by atoms with van der Waals surface area (Å²) < 4.78 is 5.78. The van der Waals surface area contributed by atoms with Gasteiger partial charge < -0.3 is 20.1 Å². The van der Waals surface area contributed by atoms with Gasteiger partial charge in [-0.15, -0.1) is 0 Å². The van der Waals surface area contributed by atoms with Gasteiger partial charge in [0.25, 0.3) is 0 Å². The Morgan fingerprint density at radius 2 is 2.19 bits per heavy atom. The fourth-order valence-electron chi connectivity index (χ4n) is 4.28. The zero-order chi connectivity index (χ0) is 14.9. The monoisotopic (exact) mass is 296 g/mol. The number of piperidine rings is 2. The summed E-state index contributed by atoms with van der Waals surface area (Å²) in [5, 5.41) is 13.5. The fraction of sp³-hybridized carbons (Fsp3) is 0.938. The summed E-state index contributed by atoms with van der Waals surface area (Å²) in [7, 11) is 0. The SMILES string of the molecule is CCOC1CC(O)C12CCN(C(=O)C1CCCNC1)CC2. The Bertz CT molecular complexity index is 372. The number of aliphatic hydroxyl groups excluding tert-OH is 1. The maximum Gasteiger partial charge on any atom is 0.226 e. The third-order valence-electron chi connectivity index (χ3n) is 5.76. The van der Waals surface area contributed by atoms with Gasteiger partial charge in [-0.2, -0.15) is 0 Å². The van der Waals surface area contributed by atoms with Crippen molar-refractivity contribution in [3.05, 3.63) is 0 Å². The summed E-state index contributed by atoms with van der Waals surface area (Å²) in [6.07, 6.45) is 4.56. The van der Waals surface area contributed by atoms with E-state index in [-0.39, 0.29) is 23.5 Å². The van der Waals surface area contributed by atoms with Crippen LogP contribution in [0.15, 0.2) is 0 Å². The lowest BCUT2D eigenvalue weighted by Crippen LogP contribution is -2.63. The van der Waals surface area contributed by atoms with Crippen LogP contribution < -0.4 is 5.32 Å². The number of nitrogens with one attached hydrogen (secondary N) is 1. The predicted molar refractivity (Wildman–Crippen MR) is 79.9 cm³/mol. The Labute approximate surface area is 127 Å². The average molecular weight is 296 g/mol. The Morgan fingerprint density at radius 3 is 2.76 bits per heavy atom. The molecule has 2 saturated heterocycles. The van der Waals surface area contributed by atoms with Crippen molar-refractivity contribution in [1.29, 1.82) is 0 Å². The molecule has 2 heterocycles. The first-order chi connectivity index (χ1) is 10.2. The van der Waals surface area contributed by atoms with E-state index >= 15 is 0 Å². The van der Waals surface area contributed by atoms with E-state index in [1.54, 1.807) is 0 Å². The number of rotatable bonds is 3. The van der Waals surface area contributed by atoms with Crippen molar-refractivity contribution < 1.29 is 14.6 Å². The highest BCUT2D eigenvalue weighted by Crippen LogP contribution is 2.51. The number of aliphatic hydroxyl groups is 1. The van der Waals surface area contributed by atoms with Gasteiger partial charge in [-0.1, -0.05) is 0 Å². The third-order valence-corrected chi connectivity index (χ3v) is 5.76. The van der Waals surface area contributed by atoms with Gasteiger partial charge in [-0.3, -0.25) is 4.79 Å². The first-order valence-corrected chi connectivity index (χ1v) is 8.46. The summed E-state index contributed by atoms with van der Waals surface area (Å²) in [5.74, 6) is 0.459. The minimum absolute atomic E-state index is 0.0857. The topological polar surface area (TPSA) is 61.8 Å². The number of ether oxygens (including phenoxy) is 1. The number of amides is 1. The second-order valence-electron chi connectivity index (χ2n) is 6.80. The number of carbonyl (C=O) groups is 1. The van der Waals surface area contributed by atoms with Gasteiger partial charge in [0.15, 0.2) is 0 Å². The molecule has 0 aromatic heterocycles. The van der Waals surface area contributed by atoms with Crippen LogP contribution in [0.4, 0.5) is 0 Å². The Kier molecular flexibility index (Phi) is 4.52. The Hall–Kier alpha value is -0.650. The number of nitrogens with zero attached hydrogens (tertiary/aromatic N) is 1. The van der Waals surface area contributed by atoms with Gasteiger partial charge in [-0.05, 0) is 39.2 Å². The number of hydrogen-bond donors (Lipinski definition) is 2. The normalized spacial score (nSPS) is 35.5. The van der Waals surface area contributed by atoms with Crippen LogP contribution >= 0.6 is 0 Å². The summed E-state index contributed by atoms with van der Waals surface area (Å²) in [6, 6.07) is 0. The molecule has 0 aromatic carbocycles. The van der Waals surface area contributed by atoms with E-state index in [1.165, 1.54) is 0 Å². The second kappa shape index (κ2) is 6.23. The summed E-state index contributed by atoms with van der Waals surface area (Å²) in [6.45, 7) is 6.12. The van der Waals surface area contributed by atoms with Crippen LogP contribution in [0.2, 0.25) is 0 Å². The first-order valence-electron chi connectivity index (χ1n) is 8.46. The van der Waals surface area contributed by atoms with Crippen LogP contribution in [-0.4, -0.2) is 60.9 Å². The van der Waals surface area contributed by atoms with Gasteiger partial charge in [-0.25, -0.2) is 0 Å². The number of likely N-dealkylation sites (tertiary alicyclic amines) is 1. The molecular weight excluding hydrogens is 268 g/mol. The molecular formula is C16H28N2O3. The smallest absolute Gasteiger partial charge is 0.226 e. The highest BCUT2D eigenvalue weighted by Gasteiger charge is 2.56. The molecule has 0 aromatic rings. The quantitative estimate of drug-likeness (QED) is 0.807. The standard InChI is InChI=1S/C16H28N2O3/c1-2-21-14-10-13(19)16(14)5-8-18(9-6-16)15(20)12-4-3-7-17-11-12/h12-14,17,19H,2-11H2,1H3. The molecule has 0 bridgehead atoms. The molecule has 1 saturated carbocycles. The molecule has 1 spiro atoms. The molecule has 1 aliphatic carbocycles. The molecule has 5 nitrogen and oxygen atoms in total. The molecule has 21 heavy (non-hydrogen) atoms. The lowest BCUT2D eigenvalue weighted by atomic mass is 9.58. The molecule has 2 aliphatic heterocycles. The molecule has 3 aliphatic rings. The zero-order valence-corrected chi connectivity index (χ0v) is 13.0. The van der Waals surface area contributed by atoms with Gasteiger partial charge in [0, 0.05) is 38.1 Å². The fourth-order valence-corrected chi connectivity index (χ4v) is 4.28. The minimum atomic E-state index is -0.248. The van der Waals surface area contributed by atoms with E-state index in [2.05, 4.69) is 5.32 Å². The lowest BCUT2D eigenvalue weighted by molar-refractivity contribution is -0.210. The van der Waals surface area contributed by atoms with Gasteiger partial charge in [0.2, 0.25) is 5.91 Å². The Balaban J connectivity index is 1.56.